The smallest absolute Gasteiger partial charge is 0.321 e. The highest BCUT2D eigenvalue weighted by Gasteiger charge is 2.15. The molecular weight excluding hydrogens is 320 g/mol. The van der Waals surface area contributed by atoms with E-state index in [1.54, 1.807) is 6.07 Å². The van der Waals surface area contributed by atoms with Gasteiger partial charge in [0.2, 0.25) is 0 Å². The fraction of sp³-hybridized carbons (Fsp3) is 0.429. The Morgan fingerprint density at radius 1 is 1.48 bits per heavy atom. The number of carbonyl (C=O) groups is 1. The molecule has 2 rings (SSSR count). The number of nitro groups is 1. The summed E-state index contributed by atoms with van der Waals surface area (Å²) in [5, 5.41) is 25.6. The number of fused-ring (bicyclic) bond motifs is 1. The van der Waals surface area contributed by atoms with Crippen molar-refractivity contribution in [3.63, 3.8) is 0 Å². The summed E-state index contributed by atoms with van der Waals surface area (Å²) in [6, 6.07) is 3.55. The highest BCUT2D eigenvalue weighted by atomic mass is 32.1. The van der Waals surface area contributed by atoms with E-state index in [-0.39, 0.29) is 18.3 Å². The van der Waals surface area contributed by atoms with Crippen LogP contribution >= 0.6 is 11.3 Å². The second-order valence-corrected chi connectivity index (χ2v) is 6.57. The van der Waals surface area contributed by atoms with Crippen molar-refractivity contribution in [1.82, 2.24) is 10.3 Å². The number of benzene rings is 1. The highest BCUT2D eigenvalue weighted by molar-refractivity contribution is 7.22. The summed E-state index contributed by atoms with van der Waals surface area (Å²) >= 11 is 1.16. The zero-order valence-corrected chi connectivity index (χ0v) is 13.6. The van der Waals surface area contributed by atoms with Gasteiger partial charge in [-0.1, -0.05) is 25.2 Å². The Hall–Kier alpha value is -2.26. The van der Waals surface area contributed by atoms with Crippen LogP contribution in [-0.2, 0) is 0 Å². The van der Waals surface area contributed by atoms with E-state index < -0.39 is 11.0 Å². The van der Waals surface area contributed by atoms with Gasteiger partial charge in [-0.05, 0) is 18.4 Å². The predicted molar refractivity (Wildman–Crippen MR) is 88.8 cm³/mol. The molecule has 3 N–H and O–H groups in total. The minimum atomic E-state index is -0.475. The Labute approximate surface area is 136 Å². The number of amides is 2. The number of rotatable bonds is 6. The maximum Gasteiger partial charge on any atom is 0.321 e. The summed E-state index contributed by atoms with van der Waals surface area (Å²) in [7, 11) is 0. The van der Waals surface area contributed by atoms with Crippen molar-refractivity contribution in [2.75, 3.05) is 11.9 Å². The number of aliphatic hydroxyl groups is 1. The van der Waals surface area contributed by atoms with Crippen molar-refractivity contribution in [3.05, 3.63) is 28.3 Å². The summed E-state index contributed by atoms with van der Waals surface area (Å²) in [6.07, 6.45) is 0.663. The van der Waals surface area contributed by atoms with Crippen LogP contribution in [0.1, 0.15) is 20.3 Å². The molecule has 0 aliphatic heterocycles. The molecule has 1 heterocycles. The van der Waals surface area contributed by atoms with Gasteiger partial charge >= 0.3 is 6.03 Å². The van der Waals surface area contributed by atoms with Gasteiger partial charge in [0, 0.05) is 12.1 Å². The standard InChI is InChI=1S/C14H18N4O4S/c1-8(2)5-9(7-19)15-13(20)17-14-16-11-4-3-10(18(21)22)6-12(11)23-14/h3-4,6,8-9,19H,5,7H2,1-2H3,(H2,15,16,17,20)/t9-/m0/s1. The number of hydrogen-bond acceptors (Lipinski definition) is 6. The number of nitrogens with zero attached hydrogens (tertiary/aromatic N) is 2. The van der Waals surface area contributed by atoms with Crippen LogP contribution in [0.3, 0.4) is 0 Å². The molecule has 1 aromatic heterocycles. The van der Waals surface area contributed by atoms with E-state index in [4.69, 9.17) is 0 Å². The second-order valence-electron chi connectivity index (χ2n) is 5.54. The first kappa shape index (κ1) is 17.1. The van der Waals surface area contributed by atoms with Crippen molar-refractivity contribution in [1.29, 1.82) is 0 Å². The average Bonchev–Trinajstić information content (AvgIpc) is 2.86. The van der Waals surface area contributed by atoms with Crippen molar-refractivity contribution < 1.29 is 14.8 Å². The number of anilines is 1. The topological polar surface area (TPSA) is 117 Å². The third-order valence-electron chi connectivity index (χ3n) is 3.11. The molecule has 124 valence electrons. The van der Waals surface area contributed by atoms with Gasteiger partial charge in [-0.2, -0.15) is 0 Å². The Kier molecular flexibility index (Phi) is 5.45. The summed E-state index contributed by atoms with van der Waals surface area (Å²) in [6.45, 7) is 3.86. The Bertz CT molecular complexity index is 716. The van der Waals surface area contributed by atoms with Crippen LogP contribution in [0.25, 0.3) is 10.2 Å². The zero-order valence-electron chi connectivity index (χ0n) is 12.8. The maximum absolute atomic E-state index is 11.9. The zero-order chi connectivity index (χ0) is 17.0. The van der Waals surface area contributed by atoms with E-state index in [9.17, 15) is 20.0 Å². The van der Waals surface area contributed by atoms with Gasteiger partial charge in [0.15, 0.2) is 5.13 Å². The van der Waals surface area contributed by atoms with E-state index in [0.717, 1.165) is 11.3 Å². The number of aromatic nitrogens is 1. The SMILES string of the molecule is CC(C)C[C@@H](CO)NC(=O)Nc1nc2ccc([N+](=O)[O-])cc2s1. The first-order valence-electron chi connectivity index (χ1n) is 7.12. The van der Waals surface area contributed by atoms with E-state index in [2.05, 4.69) is 15.6 Å². The van der Waals surface area contributed by atoms with Crippen LogP contribution in [0.5, 0.6) is 0 Å². The van der Waals surface area contributed by atoms with Crippen LogP contribution in [0, 0.1) is 16.0 Å². The maximum atomic E-state index is 11.9. The van der Waals surface area contributed by atoms with Crippen molar-refractivity contribution >= 4 is 38.4 Å². The van der Waals surface area contributed by atoms with Gasteiger partial charge in [-0.3, -0.25) is 15.4 Å². The van der Waals surface area contributed by atoms with E-state index >= 15 is 0 Å². The van der Waals surface area contributed by atoms with Crippen molar-refractivity contribution in [3.8, 4) is 0 Å². The monoisotopic (exact) mass is 338 g/mol. The van der Waals surface area contributed by atoms with Crippen LogP contribution < -0.4 is 10.6 Å². The summed E-state index contributed by atoms with van der Waals surface area (Å²) in [5.41, 5.74) is 0.561. The lowest BCUT2D eigenvalue weighted by molar-refractivity contribution is -0.384. The average molecular weight is 338 g/mol. The number of thiazole rings is 1. The summed E-state index contributed by atoms with van der Waals surface area (Å²) in [5.74, 6) is 0.343. The number of nitro benzene ring substituents is 1. The Morgan fingerprint density at radius 2 is 2.22 bits per heavy atom. The van der Waals surface area contributed by atoms with E-state index in [1.807, 2.05) is 13.8 Å². The molecule has 0 bridgehead atoms. The minimum absolute atomic E-state index is 0.0190. The lowest BCUT2D eigenvalue weighted by Crippen LogP contribution is -2.40. The number of aliphatic hydroxyl groups excluding tert-OH is 1. The summed E-state index contributed by atoms with van der Waals surface area (Å²) in [4.78, 5) is 26.4. The van der Waals surface area contributed by atoms with Gasteiger partial charge in [0.05, 0.1) is 27.8 Å². The van der Waals surface area contributed by atoms with Gasteiger partial charge in [-0.25, -0.2) is 9.78 Å². The third-order valence-corrected chi connectivity index (χ3v) is 4.05. The number of nitrogens with one attached hydrogen (secondary N) is 2. The number of non-ortho nitro benzene ring substituents is 1. The molecule has 1 aromatic carbocycles. The molecule has 23 heavy (non-hydrogen) atoms. The normalized spacial score (nSPS) is 12.3. The fourth-order valence-corrected chi connectivity index (χ4v) is 3.04. The molecule has 0 fully saturated rings. The fourth-order valence-electron chi connectivity index (χ4n) is 2.15. The Morgan fingerprint density at radius 3 is 2.83 bits per heavy atom. The molecule has 2 aromatic rings. The lowest BCUT2D eigenvalue weighted by atomic mass is 10.0. The lowest BCUT2D eigenvalue weighted by Gasteiger charge is -2.17. The highest BCUT2D eigenvalue weighted by Crippen LogP contribution is 2.29. The van der Waals surface area contributed by atoms with Crippen molar-refractivity contribution in [2.45, 2.75) is 26.3 Å². The molecule has 1 atom stereocenters. The van der Waals surface area contributed by atoms with Crippen molar-refractivity contribution in [2.24, 2.45) is 5.92 Å². The van der Waals surface area contributed by atoms with Crippen LogP contribution in [-0.4, -0.2) is 33.7 Å². The molecule has 8 nitrogen and oxygen atoms in total. The van der Waals surface area contributed by atoms with E-state index in [0.29, 0.717) is 27.7 Å². The molecular formula is C14H18N4O4S. The number of carbonyl (C=O) groups excluding carboxylic acids is 1. The van der Waals surface area contributed by atoms with Crippen LogP contribution in [0.2, 0.25) is 0 Å². The third kappa shape index (κ3) is 4.60. The van der Waals surface area contributed by atoms with E-state index in [1.165, 1.54) is 12.1 Å². The molecule has 0 radical (unpaired) electrons. The molecule has 0 aliphatic rings. The molecule has 0 unspecified atom stereocenters. The predicted octanol–water partition coefficient (Wildman–Crippen LogP) is 2.73. The van der Waals surface area contributed by atoms with Crippen LogP contribution in [0.15, 0.2) is 18.2 Å². The molecule has 0 aliphatic carbocycles. The first-order valence-corrected chi connectivity index (χ1v) is 7.94. The summed E-state index contributed by atoms with van der Waals surface area (Å²) < 4.78 is 0.621. The first-order chi connectivity index (χ1) is 10.9. The van der Waals surface area contributed by atoms with Gasteiger partial charge < -0.3 is 10.4 Å². The van der Waals surface area contributed by atoms with Gasteiger partial charge in [-0.15, -0.1) is 0 Å². The van der Waals surface area contributed by atoms with Gasteiger partial charge in [0.25, 0.3) is 5.69 Å². The quantitative estimate of drug-likeness (QED) is 0.553. The number of urea groups is 1. The molecule has 0 saturated heterocycles. The molecule has 0 saturated carbocycles. The minimum Gasteiger partial charge on any atom is -0.394 e. The second kappa shape index (κ2) is 7.34. The molecule has 2 amide bonds. The van der Waals surface area contributed by atoms with Crippen LogP contribution in [0.4, 0.5) is 15.6 Å². The molecule has 9 heteroatoms. The Balaban J connectivity index is 2.06. The largest absolute Gasteiger partial charge is 0.394 e. The molecule has 0 spiro atoms. The number of hydrogen-bond donors (Lipinski definition) is 3. The van der Waals surface area contributed by atoms with Gasteiger partial charge in [0.1, 0.15) is 0 Å².